The molecule has 0 aliphatic carbocycles. The van der Waals surface area contributed by atoms with Crippen LogP contribution in [0.15, 0.2) is 18.2 Å². The summed E-state index contributed by atoms with van der Waals surface area (Å²) in [6.07, 6.45) is 2.35. The van der Waals surface area contributed by atoms with Crippen LogP contribution in [-0.4, -0.2) is 49.4 Å². The van der Waals surface area contributed by atoms with Crippen molar-refractivity contribution in [3.63, 3.8) is 0 Å². The molecule has 0 spiro atoms. The third-order valence-electron chi connectivity index (χ3n) is 5.16. The van der Waals surface area contributed by atoms with E-state index in [1.807, 2.05) is 25.1 Å². The lowest BCUT2D eigenvalue weighted by Gasteiger charge is -2.33. The molecule has 0 saturated carbocycles. The minimum atomic E-state index is -2.97. The zero-order chi connectivity index (χ0) is 18.6. The number of rotatable bonds is 7. The zero-order valence-corrected chi connectivity index (χ0v) is 16.5. The topological polar surface area (TPSA) is 66.5 Å². The highest BCUT2D eigenvalue weighted by Crippen LogP contribution is 2.23. The number of carbonyl (C=O) groups is 1. The van der Waals surface area contributed by atoms with Crippen molar-refractivity contribution in [1.29, 1.82) is 0 Å². The molecule has 1 aliphatic heterocycles. The number of hydrogen-bond donors (Lipinski definition) is 1. The molecule has 140 valence electrons. The number of aryl methyl sites for hydroxylation is 2. The van der Waals surface area contributed by atoms with Crippen LogP contribution in [0.2, 0.25) is 0 Å². The first-order valence-corrected chi connectivity index (χ1v) is 10.9. The standard InChI is InChI=1S/C19H30N2O3S/c1-5-15(4)21(17-10-11-25(23,24)13-17)12-18(22)20-19-14(3)8-7-9-16(19)6-2/h7-9,15,17H,5-6,10-13H2,1-4H3,(H,20,22). The number of benzene rings is 1. The summed E-state index contributed by atoms with van der Waals surface area (Å²) in [5.74, 6) is 0.313. The van der Waals surface area contributed by atoms with E-state index >= 15 is 0 Å². The summed E-state index contributed by atoms with van der Waals surface area (Å²) in [5, 5.41) is 3.05. The minimum absolute atomic E-state index is 0.0618. The van der Waals surface area contributed by atoms with Crippen LogP contribution in [0.4, 0.5) is 5.69 Å². The summed E-state index contributed by atoms with van der Waals surface area (Å²) in [6, 6.07) is 6.13. The van der Waals surface area contributed by atoms with Crippen LogP contribution in [0.3, 0.4) is 0 Å². The van der Waals surface area contributed by atoms with Gasteiger partial charge in [0.1, 0.15) is 0 Å². The van der Waals surface area contributed by atoms with Gasteiger partial charge in [0, 0.05) is 17.8 Å². The Hall–Kier alpha value is -1.40. The van der Waals surface area contributed by atoms with Gasteiger partial charge < -0.3 is 5.32 Å². The third-order valence-corrected chi connectivity index (χ3v) is 6.92. The first-order chi connectivity index (χ1) is 11.8. The van der Waals surface area contributed by atoms with Gasteiger partial charge >= 0.3 is 0 Å². The maximum Gasteiger partial charge on any atom is 0.238 e. The van der Waals surface area contributed by atoms with E-state index < -0.39 is 9.84 Å². The van der Waals surface area contributed by atoms with E-state index in [1.54, 1.807) is 0 Å². The lowest BCUT2D eigenvalue weighted by Crippen LogP contribution is -2.46. The van der Waals surface area contributed by atoms with E-state index in [0.717, 1.165) is 29.7 Å². The molecule has 0 bridgehead atoms. The highest BCUT2D eigenvalue weighted by Gasteiger charge is 2.34. The molecule has 1 heterocycles. The second-order valence-corrected chi connectivity index (χ2v) is 9.23. The molecule has 0 radical (unpaired) electrons. The number of nitrogens with zero attached hydrogens (tertiary/aromatic N) is 1. The van der Waals surface area contributed by atoms with Crippen LogP contribution in [0.1, 0.15) is 44.7 Å². The van der Waals surface area contributed by atoms with Crippen LogP contribution in [0.5, 0.6) is 0 Å². The van der Waals surface area contributed by atoms with Crippen molar-refractivity contribution in [3.8, 4) is 0 Å². The van der Waals surface area contributed by atoms with Crippen LogP contribution in [0, 0.1) is 6.92 Å². The van der Waals surface area contributed by atoms with Gasteiger partial charge in [-0.3, -0.25) is 9.69 Å². The molecular weight excluding hydrogens is 336 g/mol. The quantitative estimate of drug-likeness (QED) is 0.806. The second-order valence-electron chi connectivity index (χ2n) is 7.00. The predicted molar refractivity (Wildman–Crippen MR) is 103 cm³/mol. The normalized spacial score (nSPS) is 20.6. The Morgan fingerprint density at radius 1 is 1.36 bits per heavy atom. The fourth-order valence-electron chi connectivity index (χ4n) is 3.46. The molecule has 1 fully saturated rings. The molecule has 0 aromatic heterocycles. The summed E-state index contributed by atoms with van der Waals surface area (Å²) in [4.78, 5) is 14.7. The van der Waals surface area contributed by atoms with Gasteiger partial charge in [-0.15, -0.1) is 0 Å². The van der Waals surface area contributed by atoms with Gasteiger partial charge in [-0.1, -0.05) is 32.0 Å². The Morgan fingerprint density at radius 3 is 2.64 bits per heavy atom. The monoisotopic (exact) mass is 366 g/mol. The predicted octanol–water partition coefficient (Wildman–Crippen LogP) is 2.78. The largest absolute Gasteiger partial charge is 0.324 e. The van der Waals surface area contributed by atoms with Crippen molar-refractivity contribution in [1.82, 2.24) is 4.90 Å². The van der Waals surface area contributed by atoms with Crippen molar-refractivity contribution in [2.24, 2.45) is 0 Å². The molecule has 2 unspecified atom stereocenters. The minimum Gasteiger partial charge on any atom is -0.324 e. The summed E-state index contributed by atoms with van der Waals surface area (Å²) in [5.41, 5.74) is 3.05. The number of amides is 1. The summed E-state index contributed by atoms with van der Waals surface area (Å²) in [6.45, 7) is 8.41. The number of carbonyl (C=O) groups excluding carboxylic acids is 1. The van der Waals surface area contributed by atoms with Gasteiger partial charge in [0.15, 0.2) is 9.84 Å². The van der Waals surface area contributed by atoms with Gasteiger partial charge in [-0.05, 0) is 44.2 Å². The van der Waals surface area contributed by atoms with E-state index in [1.165, 1.54) is 0 Å². The van der Waals surface area contributed by atoms with E-state index in [2.05, 4.69) is 31.0 Å². The lowest BCUT2D eigenvalue weighted by molar-refractivity contribution is -0.118. The molecule has 1 aromatic rings. The molecular formula is C19H30N2O3S. The SMILES string of the molecule is CCc1cccc(C)c1NC(=O)CN(C(C)CC)C1CCS(=O)(=O)C1. The van der Waals surface area contributed by atoms with Crippen LogP contribution in [0.25, 0.3) is 0 Å². The molecule has 6 heteroatoms. The smallest absolute Gasteiger partial charge is 0.238 e. The fraction of sp³-hybridized carbons (Fsp3) is 0.632. The first-order valence-electron chi connectivity index (χ1n) is 9.11. The van der Waals surface area contributed by atoms with Crippen molar-refractivity contribution in [2.45, 2.75) is 59.0 Å². The third kappa shape index (κ3) is 5.05. The molecule has 1 amide bonds. The highest BCUT2D eigenvalue weighted by atomic mass is 32.2. The first kappa shape index (κ1) is 19.9. The maximum atomic E-state index is 12.7. The maximum absolute atomic E-state index is 12.7. The Labute approximate surface area is 151 Å². The number of sulfone groups is 1. The van der Waals surface area contributed by atoms with Crippen molar-refractivity contribution >= 4 is 21.4 Å². The van der Waals surface area contributed by atoms with Crippen LogP contribution in [-0.2, 0) is 21.1 Å². The molecule has 25 heavy (non-hydrogen) atoms. The van der Waals surface area contributed by atoms with E-state index in [4.69, 9.17) is 0 Å². The average molecular weight is 367 g/mol. The van der Waals surface area contributed by atoms with Crippen molar-refractivity contribution < 1.29 is 13.2 Å². The van der Waals surface area contributed by atoms with Crippen LogP contribution >= 0.6 is 0 Å². The summed E-state index contributed by atoms with van der Waals surface area (Å²) < 4.78 is 23.7. The summed E-state index contributed by atoms with van der Waals surface area (Å²) >= 11 is 0. The van der Waals surface area contributed by atoms with Gasteiger partial charge in [-0.2, -0.15) is 0 Å². The highest BCUT2D eigenvalue weighted by molar-refractivity contribution is 7.91. The Morgan fingerprint density at radius 2 is 2.08 bits per heavy atom. The molecule has 2 atom stereocenters. The molecule has 1 saturated heterocycles. The average Bonchev–Trinajstić information content (AvgIpc) is 2.93. The number of nitrogens with one attached hydrogen (secondary N) is 1. The van der Waals surface area contributed by atoms with E-state index in [-0.39, 0.29) is 36.0 Å². The lowest BCUT2D eigenvalue weighted by atomic mass is 10.1. The Kier molecular flexibility index (Phi) is 6.63. The molecule has 1 aliphatic rings. The van der Waals surface area contributed by atoms with Gasteiger partial charge in [0.05, 0.1) is 18.1 Å². The van der Waals surface area contributed by atoms with Gasteiger partial charge in [0.25, 0.3) is 0 Å². The second kappa shape index (κ2) is 8.32. The van der Waals surface area contributed by atoms with Crippen molar-refractivity contribution in [3.05, 3.63) is 29.3 Å². The van der Waals surface area contributed by atoms with Gasteiger partial charge in [0.2, 0.25) is 5.91 Å². The molecule has 5 nitrogen and oxygen atoms in total. The van der Waals surface area contributed by atoms with Crippen LogP contribution < -0.4 is 5.32 Å². The Balaban J connectivity index is 2.13. The van der Waals surface area contributed by atoms with Gasteiger partial charge in [-0.25, -0.2) is 8.42 Å². The molecule has 2 rings (SSSR count). The van der Waals surface area contributed by atoms with Crippen molar-refractivity contribution in [2.75, 3.05) is 23.4 Å². The molecule has 1 N–H and O–H groups in total. The summed E-state index contributed by atoms with van der Waals surface area (Å²) in [7, 11) is -2.97. The number of anilines is 1. The zero-order valence-electron chi connectivity index (χ0n) is 15.7. The van der Waals surface area contributed by atoms with E-state index in [9.17, 15) is 13.2 Å². The number of hydrogen-bond acceptors (Lipinski definition) is 4. The fourth-order valence-corrected chi connectivity index (χ4v) is 5.21. The van der Waals surface area contributed by atoms with E-state index in [0.29, 0.717) is 6.42 Å². The Bertz CT molecular complexity index is 715. The number of para-hydroxylation sites is 1. The molecule has 1 aromatic carbocycles.